The van der Waals surface area contributed by atoms with E-state index in [2.05, 4.69) is 38.1 Å². The van der Waals surface area contributed by atoms with E-state index in [4.69, 9.17) is 9.72 Å². The molecule has 0 saturated carbocycles. The first-order valence-electron chi connectivity index (χ1n) is 16.0. The Morgan fingerprint density at radius 2 is 1.32 bits per heavy atom. The van der Waals surface area contributed by atoms with Crippen LogP contribution in [-0.2, 0) is 11.2 Å². The SMILES string of the molecule is CCCCCCCCCc1ccc(-c2ccccc2-c2ccc(OC(=O)C(C)(F)CCCCCCCC)cc2)nc1. The molecule has 222 valence electrons. The Hall–Kier alpha value is -3.01. The molecule has 3 aromatic rings. The molecule has 4 heteroatoms. The zero-order valence-corrected chi connectivity index (χ0v) is 25.6. The van der Waals surface area contributed by atoms with Gasteiger partial charge in [-0.2, -0.15) is 0 Å². The van der Waals surface area contributed by atoms with E-state index in [-0.39, 0.29) is 6.42 Å². The fraction of sp³-hybridized carbons (Fsp3) is 0.514. The lowest BCUT2D eigenvalue weighted by Crippen LogP contribution is -2.34. The van der Waals surface area contributed by atoms with E-state index in [1.807, 2.05) is 30.5 Å². The van der Waals surface area contributed by atoms with Gasteiger partial charge in [0, 0.05) is 11.8 Å². The highest BCUT2D eigenvalue weighted by atomic mass is 19.1. The zero-order chi connectivity index (χ0) is 29.3. The Morgan fingerprint density at radius 1 is 0.732 bits per heavy atom. The average Bonchev–Trinajstić information content (AvgIpc) is 2.99. The molecule has 0 spiro atoms. The van der Waals surface area contributed by atoms with Crippen LogP contribution in [0.2, 0.25) is 0 Å². The number of carbonyl (C=O) groups is 1. The Balaban J connectivity index is 1.56. The minimum Gasteiger partial charge on any atom is -0.424 e. The average molecular weight is 560 g/mol. The number of unbranched alkanes of at least 4 members (excludes halogenated alkanes) is 11. The number of rotatable bonds is 19. The number of aromatic nitrogens is 1. The molecule has 1 atom stereocenters. The maximum Gasteiger partial charge on any atom is 0.348 e. The Morgan fingerprint density at radius 3 is 1.93 bits per heavy atom. The second-order valence-electron chi connectivity index (χ2n) is 11.6. The van der Waals surface area contributed by atoms with Crippen LogP contribution >= 0.6 is 0 Å². The van der Waals surface area contributed by atoms with Gasteiger partial charge in [0.1, 0.15) is 5.75 Å². The van der Waals surface area contributed by atoms with Crippen molar-refractivity contribution in [3.05, 3.63) is 72.4 Å². The smallest absolute Gasteiger partial charge is 0.348 e. The maximum absolute atomic E-state index is 15.0. The van der Waals surface area contributed by atoms with Gasteiger partial charge in [-0.05, 0) is 67.5 Å². The van der Waals surface area contributed by atoms with E-state index in [0.717, 1.165) is 41.6 Å². The third-order valence-corrected chi connectivity index (χ3v) is 7.90. The van der Waals surface area contributed by atoms with Gasteiger partial charge in [0.05, 0.1) is 5.69 Å². The number of hydrogen-bond acceptors (Lipinski definition) is 3. The van der Waals surface area contributed by atoms with Gasteiger partial charge >= 0.3 is 5.97 Å². The molecule has 1 aromatic heterocycles. The molecule has 0 aliphatic carbocycles. The summed E-state index contributed by atoms with van der Waals surface area (Å²) < 4.78 is 20.5. The van der Waals surface area contributed by atoms with Crippen molar-refractivity contribution in [2.75, 3.05) is 0 Å². The minimum atomic E-state index is -1.98. The third-order valence-electron chi connectivity index (χ3n) is 7.90. The molecule has 1 unspecified atom stereocenters. The second kappa shape index (κ2) is 17.7. The summed E-state index contributed by atoms with van der Waals surface area (Å²) >= 11 is 0. The van der Waals surface area contributed by atoms with Crippen molar-refractivity contribution in [1.29, 1.82) is 0 Å². The molecular formula is C37H50FNO2. The monoisotopic (exact) mass is 559 g/mol. The number of halogens is 1. The Labute approximate surface area is 248 Å². The highest BCUT2D eigenvalue weighted by Crippen LogP contribution is 2.32. The lowest BCUT2D eigenvalue weighted by atomic mass is 9.96. The summed E-state index contributed by atoms with van der Waals surface area (Å²) in [5.41, 5.74) is 3.32. The molecule has 0 amide bonds. The first kappa shape index (κ1) is 32.5. The van der Waals surface area contributed by atoms with E-state index in [1.165, 1.54) is 76.7 Å². The molecule has 0 fully saturated rings. The minimum absolute atomic E-state index is 0.189. The van der Waals surface area contributed by atoms with Gasteiger partial charge in [-0.1, -0.05) is 127 Å². The number of benzene rings is 2. The molecule has 3 nitrogen and oxygen atoms in total. The topological polar surface area (TPSA) is 39.2 Å². The molecule has 0 N–H and O–H groups in total. The predicted molar refractivity (Wildman–Crippen MR) is 170 cm³/mol. The summed E-state index contributed by atoms with van der Waals surface area (Å²) in [4.78, 5) is 17.3. The van der Waals surface area contributed by atoms with Gasteiger partial charge in [-0.3, -0.25) is 4.98 Å². The van der Waals surface area contributed by atoms with Crippen molar-refractivity contribution in [3.63, 3.8) is 0 Å². The third kappa shape index (κ3) is 11.1. The van der Waals surface area contributed by atoms with Crippen LogP contribution in [-0.4, -0.2) is 16.6 Å². The van der Waals surface area contributed by atoms with Crippen molar-refractivity contribution < 1.29 is 13.9 Å². The van der Waals surface area contributed by atoms with E-state index >= 15 is 4.39 Å². The quantitative estimate of drug-likeness (QED) is 0.0833. The number of esters is 1. The molecule has 41 heavy (non-hydrogen) atoms. The number of nitrogens with zero attached hydrogens (tertiary/aromatic N) is 1. The standard InChI is InChI=1S/C37H50FNO2/c1-4-6-8-10-12-13-15-19-30-22-27-35(39-29-30)34-21-17-16-20-33(34)31-23-25-32(26-24-31)41-36(40)37(3,38)28-18-14-11-9-7-5-2/h16-17,20-27,29H,4-15,18-19,28H2,1-3H3. The number of ether oxygens (including phenoxy) is 1. The summed E-state index contributed by atoms with van der Waals surface area (Å²) in [5.74, 6) is -0.462. The second-order valence-corrected chi connectivity index (χ2v) is 11.6. The first-order chi connectivity index (χ1) is 19.9. The summed E-state index contributed by atoms with van der Waals surface area (Å²) in [6.07, 6.45) is 18.7. The first-order valence-corrected chi connectivity index (χ1v) is 16.0. The van der Waals surface area contributed by atoms with Gasteiger partial charge < -0.3 is 4.74 Å². The van der Waals surface area contributed by atoms with Gasteiger partial charge in [0.25, 0.3) is 0 Å². The maximum atomic E-state index is 15.0. The molecule has 0 aliphatic heterocycles. The van der Waals surface area contributed by atoms with Crippen LogP contribution in [0.1, 0.15) is 116 Å². The van der Waals surface area contributed by atoms with E-state index in [0.29, 0.717) is 12.2 Å². The van der Waals surface area contributed by atoms with Crippen LogP contribution in [0.5, 0.6) is 5.75 Å². The number of carbonyl (C=O) groups excluding carboxylic acids is 1. The molecular weight excluding hydrogens is 509 g/mol. The summed E-state index contributed by atoms with van der Waals surface area (Å²) in [7, 11) is 0. The summed E-state index contributed by atoms with van der Waals surface area (Å²) in [6, 6.07) is 19.8. The number of alkyl halides is 1. The Kier molecular flexibility index (Phi) is 14.1. The van der Waals surface area contributed by atoms with E-state index < -0.39 is 11.6 Å². The fourth-order valence-electron chi connectivity index (χ4n) is 5.23. The number of aryl methyl sites for hydroxylation is 1. The van der Waals surface area contributed by atoms with Crippen LogP contribution in [0.3, 0.4) is 0 Å². The molecule has 0 aliphatic rings. The lowest BCUT2D eigenvalue weighted by Gasteiger charge is -2.18. The fourth-order valence-corrected chi connectivity index (χ4v) is 5.23. The van der Waals surface area contributed by atoms with Crippen LogP contribution in [0, 0.1) is 0 Å². The van der Waals surface area contributed by atoms with Crippen molar-refractivity contribution in [1.82, 2.24) is 4.98 Å². The van der Waals surface area contributed by atoms with Crippen molar-refractivity contribution in [2.24, 2.45) is 0 Å². The molecule has 3 rings (SSSR count). The van der Waals surface area contributed by atoms with Gasteiger partial charge in [0.2, 0.25) is 5.67 Å². The summed E-state index contributed by atoms with van der Waals surface area (Å²) in [5, 5.41) is 0. The number of pyridine rings is 1. The molecule has 1 heterocycles. The molecule has 2 aromatic carbocycles. The number of hydrogen-bond donors (Lipinski definition) is 0. The van der Waals surface area contributed by atoms with Gasteiger partial charge in [-0.15, -0.1) is 0 Å². The van der Waals surface area contributed by atoms with E-state index in [9.17, 15) is 4.79 Å². The summed E-state index contributed by atoms with van der Waals surface area (Å²) in [6.45, 7) is 5.76. The van der Waals surface area contributed by atoms with Crippen molar-refractivity contribution in [3.8, 4) is 28.1 Å². The highest BCUT2D eigenvalue weighted by Gasteiger charge is 2.34. The lowest BCUT2D eigenvalue weighted by molar-refractivity contribution is -0.147. The van der Waals surface area contributed by atoms with Gasteiger partial charge in [0.15, 0.2) is 0 Å². The normalized spacial score (nSPS) is 12.7. The molecule has 0 saturated heterocycles. The van der Waals surface area contributed by atoms with Gasteiger partial charge in [-0.25, -0.2) is 9.18 Å². The highest BCUT2D eigenvalue weighted by molar-refractivity contribution is 5.83. The van der Waals surface area contributed by atoms with Crippen LogP contribution in [0.15, 0.2) is 66.9 Å². The van der Waals surface area contributed by atoms with Crippen molar-refractivity contribution in [2.45, 2.75) is 123 Å². The molecule has 0 radical (unpaired) electrons. The zero-order valence-electron chi connectivity index (χ0n) is 25.6. The molecule has 0 bridgehead atoms. The predicted octanol–water partition coefficient (Wildman–Crippen LogP) is 11.1. The van der Waals surface area contributed by atoms with Crippen molar-refractivity contribution >= 4 is 5.97 Å². The van der Waals surface area contributed by atoms with Crippen LogP contribution in [0.4, 0.5) is 4.39 Å². The van der Waals surface area contributed by atoms with Crippen LogP contribution in [0.25, 0.3) is 22.4 Å². The Bertz CT molecular complexity index is 1150. The largest absolute Gasteiger partial charge is 0.424 e. The van der Waals surface area contributed by atoms with E-state index in [1.54, 1.807) is 12.1 Å². The van der Waals surface area contributed by atoms with Crippen LogP contribution < -0.4 is 4.74 Å².